The number of hydrogen-bond acceptors (Lipinski definition) is 4. The van der Waals surface area contributed by atoms with Crippen molar-refractivity contribution < 1.29 is 4.79 Å². The Morgan fingerprint density at radius 2 is 2.39 bits per heavy atom. The maximum Gasteiger partial charge on any atom is 0.257 e. The van der Waals surface area contributed by atoms with Crippen LogP contribution in [0.5, 0.6) is 0 Å². The van der Waals surface area contributed by atoms with Gasteiger partial charge in [0, 0.05) is 37.9 Å². The van der Waals surface area contributed by atoms with Gasteiger partial charge in [-0.25, -0.2) is 4.98 Å². The summed E-state index contributed by atoms with van der Waals surface area (Å²) in [6.45, 7) is 3.66. The first kappa shape index (κ1) is 15.5. The molecule has 2 aromatic heterocycles. The molecule has 3 rings (SSSR count). The number of carbonyl (C=O) groups is 1. The molecule has 0 bridgehead atoms. The summed E-state index contributed by atoms with van der Waals surface area (Å²) in [6, 6.07) is 3.64. The van der Waals surface area contributed by atoms with Crippen LogP contribution in [0.1, 0.15) is 47.3 Å². The minimum Gasteiger partial charge on any atom is -0.372 e. The van der Waals surface area contributed by atoms with E-state index in [1.807, 2.05) is 17.2 Å². The highest BCUT2D eigenvalue weighted by Crippen LogP contribution is 2.29. The fourth-order valence-electron chi connectivity index (χ4n) is 3.30. The molecule has 1 atom stereocenters. The Hall–Kier alpha value is -2.37. The second kappa shape index (κ2) is 6.81. The van der Waals surface area contributed by atoms with Gasteiger partial charge in [-0.2, -0.15) is 5.10 Å². The molecule has 0 unspecified atom stereocenters. The van der Waals surface area contributed by atoms with Gasteiger partial charge in [-0.05, 0) is 37.0 Å². The molecule has 122 valence electrons. The van der Waals surface area contributed by atoms with Gasteiger partial charge in [0.2, 0.25) is 0 Å². The summed E-state index contributed by atoms with van der Waals surface area (Å²) in [5, 5.41) is 10.3. The van der Waals surface area contributed by atoms with Crippen LogP contribution in [0.4, 0.5) is 5.82 Å². The average Bonchev–Trinajstić information content (AvgIpc) is 3.10. The third-order valence-corrected chi connectivity index (χ3v) is 4.52. The zero-order valence-corrected chi connectivity index (χ0v) is 13.7. The molecule has 23 heavy (non-hydrogen) atoms. The molecule has 1 aliphatic heterocycles. The van der Waals surface area contributed by atoms with E-state index >= 15 is 0 Å². The lowest BCUT2D eigenvalue weighted by molar-refractivity contribution is 0.0706. The summed E-state index contributed by atoms with van der Waals surface area (Å²) in [5.74, 6) is 1.01. The monoisotopic (exact) mass is 313 g/mol. The third kappa shape index (κ3) is 3.06. The third-order valence-electron chi connectivity index (χ3n) is 4.52. The summed E-state index contributed by atoms with van der Waals surface area (Å²) >= 11 is 0. The fourth-order valence-corrected chi connectivity index (χ4v) is 3.30. The molecule has 6 heteroatoms. The van der Waals surface area contributed by atoms with Crippen LogP contribution in [0.15, 0.2) is 24.5 Å². The maximum absolute atomic E-state index is 12.9. The molecule has 1 saturated heterocycles. The molecule has 0 radical (unpaired) electrons. The number of nitrogens with zero attached hydrogens (tertiary/aromatic N) is 3. The maximum atomic E-state index is 12.9. The number of aromatic nitrogens is 3. The number of amides is 1. The lowest BCUT2D eigenvalue weighted by Gasteiger charge is -2.33. The number of nitrogens with one attached hydrogen (secondary N) is 2. The number of H-pyrrole nitrogens is 1. The highest BCUT2D eigenvalue weighted by molar-refractivity contribution is 5.98. The minimum absolute atomic E-state index is 0.0460. The van der Waals surface area contributed by atoms with Crippen molar-refractivity contribution in [2.24, 2.45) is 0 Å². The number of hydrogen-bond donors (Lipinski definition) is 2. The van der Waals surface area contributed by atoms with E-state index in [4.69, 9.17) is 0 Å². The molecule has 0 spiro atoms. The molecule has 1 aliphatic rings. The van der Waals surface area contributed by atoms with E-state index < -0.39 is 0 Å². The van der Waals surface area contributed by atoms with E-state index in [2.05, 4.69) is 27.4 Å². The summed E-state index contributed by atoms with van der Waals surface area (Å²) in [5.41, 5.74) is 3.07. The zero-order valence-electron chi connectivity index (χ0n) is 13.7. The van der Waals surface area contributed by atoms with E-state index in [1.54, 1.807) is 19.3 Å². The molecule has 0 aliphatic carbocycles. The van der Waals surface area contributed by atoms with Crippen molar-refractivity contribution in [2.45, 2.75) is 32.1 Å². The molecule has 6 nitrogen and oxygen atoms in total. The number of aromatic amines is 1. The smallest absolute Gasteiger partial charge is 0.257 e. The quantitative estimate of drug-likeness (QED) is 0.909. The topological polar surface area (TPSA) is 73.9 Å². The first-order valence-electron chi connectivity index (χ1n) is 8.18. The van der Waals surface area contributed by atoms with E-state index in [1.165, 1.54) is 11.3 Å². The Morgan fingerprint density at radius 1 is 1.52 bits per heavy atom. The normalized spacial score (nSPS) is 18.0. The summed E-state index contributed by atoms with van der Waals surface area (Å²) in [6.07, 6.45) is 6.65. The Kier molecular flexibility index (Phi) is 4.60. The molecule has 0 aromatic carbocycles. The molecule has 0 saturated carbocycles. The summed E-state index contributed by atoms with van der Waals surface area (Å²) < 4.78 is 0. The van der Waals surface area contributed by atoms with E-state index in [0.717, 1.165) is 32.4 Å². The SMILES string of the molecule is CCc1cn[nH]c1[C@@H]1CCCN(C(=O)c2cccnc2NC)C1. The number of pyridine rings is 1. The molecular formula is C17H23N5O. The molecule has 2 N–H and O–H groups in total. The van der Waals surface area contributed by atoms with Crippen LogP contribution in [-0.4, -0.2) is 46.1 Å². The van der Waals surface area contributed by atoms with Crippen LogP contribution in [0.3, 0.4) is 0 Å². The highest BCUT2D eigenvalue weighted by Gasteiger charge is 2.28. The zero-order chi connectivity index (χ0) is 16.2. The number of piperidine rings is 1. The van der Waals surface area contributed by atoms with Crippen LogP contribution in [-0.2, 0) is 6.42 Å². The minimum atomic E-state index is 0.0460. The van der Waals surface area contributed by atoms with Crippen LogP contribution < -0.4 is 5.32 Å². The number of anilines is 1. The van der Waals surface area contributed by atoms with Crippen LogP contribution >= 0.6 is 0 Å². The Balaban J connectivity index is 1.79. The van der Waals surface area contributed by atoms with Gasteiger partial charge in [0.1, 0.15) is 5.82 Å². The number of carbonyl (C=O) groups excluding carboxylic acids is 1. The van der Waals surface area contributed by atoms with Gasteiger partial charge >= 0.3 is 0 Å². The van der Waals surface area contributed by atoms with Crippen molar-refractivity contribution in [2.75, 3.05) is 25.5 Å². The van der Waals surface area contributed by atoms with Crippen LogP contribution in [0.2, 0.25) is 0 Å². The van der Waals surface area contributed by atoms with Crippen molar-refractivity contribution in [1.29, 1.82) is 0 Å². The van der Waals surface area contributed by atoms with Gasteiger partial charge in [0.05, 0.1) is 11.8 Å². The lowest BCUT2D eigenvalue weighted by atomic mass is 9.91. The van der Waals surface area contributed by atoms with Gasteiger partial charge in [0.25, 0.3) is 5.91 Å². The van der Waals surface area contributed by atoms with Crippen LogP contribution in [0, 0.1) is 0 Å². The van der Waals surface area contributed by atoms with Crippen LogP contribution in [0.25, 0.3) is 0 Å². The van der Waals surface area contributed by atoms with Crippen molar-refractivity contribution in [3.63, 3.8) is 0 Å². The Bertz CT molecular complexity index is 681. The fraction of sp³-hybridized carbons (Fsp3) is 0.471. The first-order valence-corrected chi connectivity index (χ1v) is 8.18. The van der Waals surface area contributed by atoms with E-state index in [9.17, 15) is 4.79 Å². The Labute approximate surface area is 136 Å². The molecular weight excluding hydrogens is 290 g/mol. The van der Waals surface area contributed by atoms with Crippen molar-refractivity contribution in [3.8, 4) is 0 Å². The molecule has 1 fully saturated rings. The molecule has 1 amide bonds. The second-order valence-corrected chi connectivity index (χ2v) is 5.90. The molecule has 3 heterocycles. The van der Waals surface area contributed by atoms with Crippen molar-refractivity contribution >= 4 is 11.7 Å². The predicted molar refractivity (Wildman–Crippen MR) is 89.6 cm³/mol. The summed E-state index contributed by atoms with van der Waals surface area (Å²) in [4.78, 5) is 19.0. The second-order valence-electron chi connectivity index (χ2n) is 5.90. The highest BCUT2D eigenvalue weighted by atomic mass is 16.2. The Morgan fingerprint density at radius 3 is 3.17 bits per heavy atom. The first-order chi connectivity index (χ1) is 11.2. The van der Waals surface area contributed by atoms with Gasteiger partial charge in [-0.3, -0.25) is 9.89 Å². The molecule has 2 aromatic rings. The average molecular weight is 313 g/mol. The van der Waals surface area contributed by atoms with Crippen molar-refractivity contribution in [1.82, 2.24) is 20.1 Å². The largest absolute Gasteiger partial charge is 0.372 e. The van der Waals surface area contributed by atoms with Gasteiger partial charge in [-0.15, -0.1) is 0 Å². The lowest BCUT2D eigenvalue weighted by Crippen LogP contribution is -2.39. The number of likely N-dealkylation sites (tertiary alicyclic amines) is 1. The van der Waals surface area contributed by atoms with Gasteiger partial charge in [0.15, 0.2) is 0 Å². The van der Waals surface area contributed by atoms with Gasteiger partial charge < -0.3 is 10.2 Å². The number of aryl methyl sites for hydroxylation is 1. The van der Waals surface area contributed by atoms with E-state index in [0.29, 0.717) is 17.3 Å². The summed E-state index contributed by atoms with van der Waals surface area (Å²) in [7, 11) is 1.79. The van der Waals surface area contributed by atoms with Gasteiger partial charge in [-0.1, -0.05) is 6.92 Å². The van der Waals surface area contributed by atoms with Crippen molar-refractivity contribution in [3.05, 3.63) is 41.3 Å². The predicted octanol–water partition coefficient (Wildman–Crippen LogP) is 2.43. The standard InChI is InChI=1S/C17H23N5O/c1-3-12-10-20-21-15(12)13-6-5-9-22(11-13)17(23)14-7-4-8-19-16(14)18-2/h4,7-8,10,13H,3,5-6,9,11H2,1-2H3,(H,18,19)(H,20,21)/t13-/m1/s1. The number of rotatable bonds is 4. The van der Waals surface area contributed by atoms with E-state index in [-0.39, 0.29) is 5.91 Å².